The van der Waals surface area contributed by atoms with Gasteiger partial charge in [-0.25, -0.2) is 4.98 Å². The van der Waals surface area contributed by atoms with E-state index in [4.69, 9.17) is 11.5 Å². The molecule has 1 aromatic carbocycles. The average molecular weight is 284 g/mol. The number of nitrogen functional groups attached to an aromatic ring is 1. The van der Waals surface area contributed by atoms with Gasteiger partial charge in [0.05, 0.1) is 5.69 Å². The minimum Gasteiger partial charge on any atom is -0.396 e. The number of aldehydes is 1. The van der Waals surface area contributed by atoms with E-state index in [9.17, 15) is 14.4 Å². The Kier molecular flexibility index (Phi) is 3.94. The van der Waals surface area contributed by atoms with Crippen LogP contribution in [0.5, 0.6) is 0 Å². The number of hydrogen-bond donors (Lipinski definition) is 3. The maximum Gasteiger partial charge on any atom is 0.276 e. The SMILES string of the molecule is NC(=O)c1cccc(NC(=O)c2nccc(C=O)c2N)c1. The Balaban J connectivity index is 2.28. The molecule has 0 atom stereocenters. The Labute approximate surface area is 120 Å². The second-order valence-electron chi connectivity index (χ2n) is 4.18. The van der Waals surface area contributed by atoms with Crippen molar-refractivity contribution in [3.05, 3.63) is 53.3 Å². The van der Waals surface area contributed by atoms with Crippen molar-refractivity contribution in [2.24, 2.45) is 5.73 Å². The van der Waals surface area contributed by atoms with Crippen LogP contribution in [-0.4, -0.2) is 23.1 Å². The van der Waals surface area contributed by atoms with Crippen LogP contribution in [0, 0.1) is 0 Å². The number of carbonyl (C=O) groups excluding carboxylic acids is 3. The number of nitrogens with one attached hydrogen (secondary N) is 1. The highest BCUT2D eigenvalue weighted by Gasteiger charge is 2.14. The minimum absolute atomic E-state index is 0.00365. The van der Waals surface area contributed by atoms with Crippen molar-refractivity contribution in [2.75, 3.05) is 11.1 Å². The largest absolute Gasteiger partial charge is 0.396 e. The van der Waals surface area contributed by atoms with Crippen LogP contribution < -0.4 is 16.8 Å². The summed E-state index contributed by atoms with van der Waals surface area (Å²) in [6, 6.07) is 7.53. The maximum absolute atomic E-state index is 12.1. The summed E-state index contributed by atoms with van der Waals surface area (Å²) >= 11 is 0. The quantitative estimate of drug-likeness (QED) is 0.716. The number of aromatic nitrogens is 1. The fourth-order valence-electron chi connectivity index (χ4n) is 1.71. The normalized spacial score (nSPS) is 9.90. The number of amides is 2. The summed E-state index contributed by atoms with van der Waals surface area (Å²) < 4.78 is 0. The zero-order valence-corrected chi connectivity index (χ0v) is 10.9. The maximum atomic E-state index is 12.1. The van der Waals surface area contributed by atoms with Crippen molar-refractivity contribution in [3.8, 4) is 0 Å². The third-order valence-electron chi connectivity index (χ3n) is 2.77. The number of hydrogen-bond acceptors (Lipinski definition) is 5. The van der Waals surface area contributed by atoms with Crippen molar-refractivity contribution in [2.45, 2.75) is 0 Å². The number of nitrogens with zero attached hydrogens (tertiary/aromatic N) is 1. The topological polar surface area (TPSA) is 128 Å². The fraction of sp³-hybridized carbons (Fsp3) is 0. The highest BCUT2D eigenvalue weighted by molar-refractivity contribution is 6.08. The minimum atomic E-state index is -0.605. The first-order valence-corrected chi connectivity index (χ1v) is 5.94. The van der Waals surface area contributed by atoms with Crippen molar-refractivity contribution < 1.29 is 14.4 Å². The molecule has 0 aliphatic heterocycles. The summed E-state index contributed by atoms with van der Waals surface area (Å²) in [6.07, 6.45) is 1.86. The van der Waals surface area contributed by atoms with Gasteiger partial charge in [-0.05, 0) is 24.3 Å². The van der Waals surface area contributed by atoms with E-state index in [2.05, 4.69) is 10.3 Å². The Morgan fingerprint density at radius 3 is 2.67 bits per heavy atom. The summed E-state index contributed by atoms with van der Waals surface area (Å²) in [5, 5.41) is 2.54. The van der Waals surface area contributed by atoms with Crippen LogP contribution in [0.1, 0.15) is 31.2 Å². The third-order valence-corrected chi connectivity index (χ3v) is 2.77. The number of nitrogens with two attached hydrogens (primary N) is 2. The molecule has 1 heterocycles. The molecular formula is C14H12N4O3. The Morgan fingerprint density at radius 2 is 2.00 bits per heavy atom. The van der Waals surface area contributed by atoms with Gasteiger partial charge in [0.1, 0.15) is 0 Å². The van der Waals surface area contributed by atoms with E-state index < -0.39 is 11.8 Å². The van der Waals surface area contributed by atoms with Crippen LogP contribution in [-0.2, 0) is 0 Å². The molecule has 21 heavy (non-hydrogen) atoms. The van der Waals surface area contributed by atoms with Crippen LogP contribution in [0.3, 0.4) is 0 Å². The summed E-state index contributed by atoms with van der Waals surface area (Å²) in [6.45, 7) is 0. The predicted octanol–water partition coefficient (Wildman–Crippen LogP) is 0.827. The van der Waals surface area contributed by atoms with Gasteiger partial charge in [-0.15, -0.1) is 0 Å². The van der Waals surface area contributed by atoms with Crippen LogP contribution in [0.2, 0.25) is 0 Å². The smallest absolute Gasteiger partial charge is 0.276 e. The molecule has 2 rings (SSSR count). The first-order valence-electron chi connectivity index (χ1n) is 5.94. The van der Waals surface area contributed by atoms with E-state index in [-0.39, 0.29) is 22.5 Å². The van der Waals surface area contributed by atoms with Crippen molar-refractivity contribution in [1.29, 1.82) is 0 Å². The van der Waals surface area contributed by atoms with E-state index in [1.165, 1.54) is 24.4 Å². The van der Waals surface area contributed by atoms with Gasteiger partial charge >= 0.3 is 0 Å². The summed E-state index contributed by atoms with van der Waals surface area (Å²) in [5.74, 6) is -1.19. The molecular weight excluding hydrogens is 272 g/mol. The average Bonchev–Trinajstić information content (AvgIpc) is 2.47. The van der Waals surface area contributed by atoms with Gasteiger partial charge in [-0.3, -0.25) is 14.4 Å². The molecule has 0 aliphatic rings. The lowest BCUT2D eigenvalue weighted by Gasteiger charge is -2.08. The third kappa shape index (κ3) is 3.03. The van der Waals surface area contributed by atoms with E-state index in [1.54, 1.807) is 12.1 Å². The molecule has 0 fully saturated rings. The highest BCUT2D eigenvalue weighted by atomic mass is 16.2. The number of benzene rings is 1. The van der Waals surface area contributed by atoms with E-state index in [1.807, 2.05) is 0 Å². The number of pyridine rings is 1. The molecule has 2 aromatic rings. The number of primary amides is 1. The predicted molar refractivity (Wildman–Crippen MR) is 77.0 cm³/mol. The van der Waals surface area contributed by atoms with E-state index in [0.29, 0.717) is 12.0 Å². The second kappa shape index (κ2) is 5.83. The molecule has 0 saturated heterocycles. The lowest BCUT2D eigenvalue weighted by atomic mass is 10.1. The molecule has 5 N–H and O–H groups in total. The highest BCUT2D eigenvalue weighted by Crippen LogP contribution is 2.16. The van der Waals surface area contributed by atoms with Crippen LogP contribution >= 0.6 is 0 Å². The molecule has 1 aromatic heterocycles. The second-order valence-corrected chi connectivity index (χ2v) is 4.18. The lowest BCUT2D eigenvalue weighted by molar-refractivity contribution is 0.0995. The molecule has 106 valence electrons. The van der Waals surface area contributed by atoms with Gasteiger partial charge in [0, 0.05) is 23.0 Å². The molecule has 2 amide bonds. The molecule has 0 bridgehead atoms. The van der Waals surface area contributed by atoms with Crippen molar-refractivity contribution in [3.63, 3.8) is 0 Å². The van der Waals surface area contributed by atoms with Gasteiger partial charge in [-0.1, -0.05) is 6.07 Å². The molecule has 0 saturated carbocycles. The van der Waals surface area contributed by atoms with E-state index >= 15 is 0 Å². The summed E-state index contributed by atoms with van der Waals surface area (Å²) in [7, 11) is 0. The van der Waals surface area contributed by atoms with Crippen molar-refractivity contribution in [1.82, 2.24) is 4.98 Å². The van der Waals surface area contributed by atoms with Crippen LogP contribution in [0.4, 0.5) is 11.4 Å². The van der Waals surface area contributed by atoms with Crippen LogP contribution in [0.15, 0.2) is 36.5 Å². The van der Waals surface area contributed by atoms with Gasteiger partial charge in [0.25, 0.3) is 5.91 Å². The molecule has 0 unspecified atom stereocenters. The number of rotatable bonds is 4. The molecule has 0 spiro atoms. The monoisotopic (exact) mass is 284 g/mol. The Bertz CT molecular complexity index is 728. The lowest BCUT2D eigenvalue weighted by Crippen LogP contribution is -2.17. The standard InChI is InChI=1S/C14H12N4O3/c15-11-9(7-19)4-5-17-12(11)14(21)18-10-3-1-2-8(6-10)13(16)20/h1-7H,15H2,(H2,16,20)(H,18,21). The first kappa shape index (κ1) is 14.2. The van der Waals surface area contributed by atoms with Gasteiger partial charge in [-0.2, -0.15) is 0 Å². The van der Waals surface area contributed by atoms with E-state index in [0.717, 1.165) is 0 Å². The molecule has 0 radical (unpaired) electrons. The zero-order valence-electron chi connectivity index (χ0n) is 10.9. The van der Waals surface area contributed by atoms with Gasteiger partial charge < -0.3 is 16.8 Å². The summed E-state index contributed by atoms with van der Waals surface area (Å²) in [4.78, 5) is 37.8. The Hall–Kier alpha value is -3.22. The van der Waals surface area contributed by atoms with Crippen LogP contribution in [0.25, 0.3) is 0 Å². The number of anilines is 2. The molecule has 0 aliphatic carbocycles. The summed E-state index contributed by atoms with van der Waals surface area (Å²) in [5.41, 5.74) is 11.6. The number of carbonyl (C=O) groups is 3. The fourth-order valence-corrected chi connectivity index (χ4v) is 1.71. The van der Waals surface area contributed by atoms with Gasteiger partial charge in [0.2, 0.25) is 5.91 Å². The zero-order chi connectivity index (χ0) is 15.4. The molecule has 7 heteroatoms. The molecule has 7 nitrogen and oxygen atoms in total. The van der Waals surface area contributed by atoms with Crippen molar-refractivity contribution >= 4 is 29.5 Å². The Morgan fingerprint density at radius 1 is 1.24 bits per heavy atom. The van der Waals surface area contributed by atoms with Gasteiger partial charge in [0.15, 0.2) is 12.0 Å². The first-order chi connectivity index (χ1) is 10.0.